The summed E-state index contributed by atoms with van der Waals surface area (Å²) in [5.74, 6) is 0.260. The minimum atomic E-state index is -0.815. The van der Waals surface area contributed by atoms with Crippen LogP contribution in [0.25, 0.3) is 0 Å². The zero-order valence-corrected chi connectivity index (χ0v) is 18.4. The number of hydrogen-bond donors (Lipinski definition) is 1. The highest BCUT2D eigenvalue weighted by Gasteiger charge is 2.42. The summed E-state index contributed by atoms with van der Waals surface area (Å²) in [6.07, 6.45) is 4.27. The first kappa shape index (κ1) is 23.2. The number of carbonyl (C=O) groups excluding carboxylic acids is 2. The smallest absolute Gasteiger partial charge is 0.341 e. The number of amides is 1. The molecular weight excluding hydrogens is 370 g/mol. The Bertz CT molecular complexity index is 703. The first-order valence-corrected chi connectivity index (χ1v) is 10.7. The molecule has 1 N–H and O–H groups in total. The second-order valence-electron chi connectivity index (χ2n) is 8.10. The van der Waals surface area contributed by atoms with Crippen LogP contribution in [-0.2, 0) is 14.3 Å². The molecule has 29 heavy (non-hydrogen) atoms. The Hall–Kier alpha value is -2.08. The molecule has 0 unspecified atom stereocenters. The highest BCUT2D eigenvalue weighted by atomic mass is 16.5. The van der Waals surface area contributed by atoms with E-state index in [2.05, 4.69) is 12.2 Å². The molecule has 1 aromatic carbocycles. The zero-order valence-electron chi connectivity index (χ0n) is 18.4. The van der Waals surface area contributed by atoms with E-state index >= 15 is 0 Å². The van der Waals surface area contributed by atoms with Gasteiger partial charge in [-0.25, -0.2) is 4.79 Å². The lowest BCUT2D eigenvalue weighted by molar-refractivity contribution is -0.148. The lowest BCUT2D eigenvalue weighted by Gasteiger charge is -2.38. The molecule has 2 atom stereocenters. The van der Waals surface area contributed by atoms with Crippen molar-refractivity contribution in [3.63, 3.8) is 0 Å². The molecule has 162 valence electrons. The van der Waals surface area contributed by atoms with Gasteiger partial charge in [0.2, 0.25) is 0 Å². The largest absolute Gasteiger partial charge is 0.490 e. The Morgan fingerprint density at radius 1 is 1.28 bits per heavy atom. The second kappa shape index (κ2) is 10.6. The van der Waals surface area contributed by atoms with Gasteiger partial charge in [0.05, 0.1) is 12.7 Å². The van der Waals surface area contributed by atoms with Crippen LogP contribution in [0.5, 0.6) is 5.75 Å². The summed E-state index contributed by atoms with van der Waals surface area (Å²) in [6, 6.07) is 5.07. The van der Waals surface area contributed by atoms with E-state index in [1.165, 1.54) is 0 Å². The Labute approximate surface area is 174 Å². The summed E-state index contributed by atoms with van der Waals surface area (Å²) in [5.41, 5.74) is 0.0240. The van der Waals surface area contributed by atoms with Crippen molar-refractivity contribution in [2.45, 2.75) is 78.4 Å². The lowest BCUT2D eigenvalue weighted by atomic mass is 9.78. The van der Waals surface area contributed by atoms with Crippen LogP contribution in [0, 0.1) is 5.92 Å². The molecule has 0 heterocycles. The predicted molar refractivity (Wildman–Crippen MR) is 113 cm³/mol. The molecule has 1 saturated carbocycles. The summed E-state index contributed by atoms with van der Waals surface area (Å²) in [7, 11) is 0. The molecule has 0 aromatic heterocycles. The Morgan fingerprint density at radius 3 is 2.66 bits per heavy atom. The molecule has 0 spiro atoms. The predicted octanol–water partition coefficient (Wildman–Crippen LogP) is 4.96. The molecule has 2 rings (SSSR count). The average Bonchev–Trinajstić information content (AvgIpc) is 2.67. The van der Waals surface area contributed by atoms with E-state index in [4.69, 9.17) is 14.2 Å². The summed E-state index contributed by atoms with van der Waals surface area (Å²) in [5, 5.41) is 2.97. The van der Waals surface area contributed by atoms with Crippen LogP contribution in [-0.4, -0.2) is 36.8 Å². The fourth-order valence-corrected chi connectivity index (χ4v) is 3.78. The molecule has 1 amide bonds. The lowest BCUT2D eigenvalue weighted by Crippen LogP contribution is -2.48. The van der Waals surface area contributed by atoms with Gasteiger partial charge in [-0.05, 0) is 70.6 Å². The monoisotopic (exact) mass is 405 g/mol. The quantitative estimate of drug-likeness (QED) is 0.588. The van der Waals surface area contributed by atoms with Crippen LogP contribution in [0.1, 0.15) is 77.1 Å². The molecule has 0 aliphatic heterocycles. The standard InChI is InChI=1S/C23H35NO5/c1-6-13-28-23(12-8-9-17(5)15-23)22(26)24-18-10-11-20(29-16(3)4)19(14-18)21(25)27-7-2/h10-11,14,16-17H,6-9,12-13,15H2,1-5H3,(H,24,26)/t17-,23+/m0/s1. The van der Waals surface area contributed by atoms with Gasteiger partial charge in [0.15, 0.2) is 0 Å². The molecule has 1 fully saturated rings. The number of benzene rings is 1. The van der Waals surface area contributed by atoms with Crippen LogP contribution < -0.4 is 10.1 Å². The maximum absolute atomic E-state index is 13.2. The number of carbonyl (C=O) groups is 2. The number of hydrogen-bond acceptors (Lipinski definition) is 5. The van der Waals surface area contributed by atoms with E-state index in [1.807, 2.05) is 20.8 Å². The normalized spacial score (nSPS) is 21.7. The first-order chi connectivity index (χ1) is 13.8. The van der Waals surface area contributed by atoms with Crippen molar-refractivity contribution < 1.29 is 23.8 Å². The molecule has 1 aliphatic rings. The number of esters is 1. The molecule has 0 bridgehead atoms. The minimum absolute atomic E-state index is 0.0851. The second-order valence-corrected chi connectivity index (χ2v) is 8.10. The van der Waals surface area contributed by atoms with Gasteiger partial charge in [0.25, 0.3) is 5.91 Å². The van der Waals surface area contributed by atoms with Crippen LogP contribution in [0.2, 0.25) is 0 Å². The van der Waals surface area contributed by atoms with Crippen molar-refractivity contribution in [3.8, 4) is 5.75 Å². The molecular formula is C23H35NO5. The van der Waals surface area contributed by atoms with Crippen molar-refractivity contribution >= 4 is 17.6 Å². The SMILES string of the molecule is CCCO[C@]1(C(=O)Nc2ccc(OC(C)C)c(C(=O)OCC)c2)CCC[C@H](C)C1. The number of nitrogens with one attached hydrogen (secondary N) is 1. The maximum Gasteiger partial charge on any atom is 0.341 e. The van der Waals surface area contributed by atoms with Gasteiger partial charge in [-0.3, -0.25) is 4.79 Å². The van der Waals surface area contributed by atoms with Crippen LogP contribution >= 0.6 is 0 Å². The van der Waals surface area contributed by atoms with Crippen molar-refractivity contribution in [1.29, 1.82) is 0 Å². The minimum Gasteiger partial charge on any atom is -0.490 e. The van der Waals surface area contributed by atoms with E-state index < -0.39 is 11.6 Å². The van der Waals surface area contributed by atoms with Gasteiger partial charge < -0.3 is 19.5 Å². The number of anilines is 1. The fraction of sp³-hybridized carbons (Fsp3) is 0.652. The van der Waals surface area contributed by atoms with E-state index in [-0.39, 0.29) is 18.6 Å². The fourth-order valence-electron chi connectivity index (χ4n) is 3.78. The third kappa shape index (κ3) is 6.20. The van der Waals surface area contributed by atoms with Gasteiger partial charge in [0, 0.05) is 12.3 Å². The van der Waals surface area contributed by atoms with Crippen molar-refractivity contribution in [2.75, 3.05) is 18.5 Å². The number of ether oxygens (including phenoxy) is 3. The first-order valence-electron chi connectivity index (χ1n) is 10.7. The van der Waals surface area contributed by atoms with Crippen LogP contribution in [0.15, 0.2) is 18.2 Å². The molecule has 1 aliphatic carbocycles. The van der Waals surface area contributed by atoms with Gasteiger partial charge in [-0.2, -0.15) is 0 Å². The highest BCUT2D eigenvalue weighted by Crippen LogP contribution is 2.37. The topological polar surface area (TPSA) is 73.9 Å². The van der Waals surface area contributed by atoms with Gasteiger partial charge in [-0.15, -0.1) is 0 Å². The molecule has 0 saturated heterocycles. The molecule has 0 radical (unpaired) electrons. The van der Waals surface area contributed by atoms with E-state index in [1.54, 1.807) is 25.1 Å². The Balaban J connectivity index is 2.27. The van der Waals surface area contributed by atoms with Crippen LogP contribution in [0.4, 0.5) is 5.69 Å². The van der Waals surface area contributed by atoms with Gasteiger partial charge in [0.1, 0.15) is 16.9 Å². The highest BCUT2D eigenvalue weighted by molar-refractivity contribution is 5.99. The van der Waals surface area contributed by atoms with Crippen molar-refractivity contribution in [3.05, 3.63) is 23.8 Å². The number of rotatable bonds is 9. The maximum atomic E-state index is 13.2. The third-order valence-electron chi connectivity index (χ3n) is 5.05. The Morgan fingerprint density at radius 2 is 2.03 bits per heavy atom. The molecule has 6 nitrogen and oxygen atoms in total. The molecule has 6 heteroatoms. The Kier molecular flexibility index (Phi) is 8.50. The van der Waals surface area contributed by atoms with E-state index in [9.17, 15) is 9.59 Å². The van der Waals surface area contributed by atoms with Crippen molar-refractivity contribution in [1.82, 2.24) is 0 Å². The van der Waals surface area contributed by atoms with E-state index in [0.29, 0.717) is 42.4 Å². The van der Waals surface area contributed by atoms with Crippen molar-refractivity contribution in [2.24, 2.45) is 5.92 Å². The summed E-state index contributed by atoms with van der Waals surface area (Å²) in [4.78, 5) is 25.6. The summed E-state index contributed by atoms with van der Waals surface area (Å²) in [6.45, 7) is 10.6. The average molecular weight is 406 g/mol. The summed E-state index contributed by atoms with van der Waals surface area (Å²) >= 11 is 0. The zero-order chi connectivity index (χ0) is 21.4. The van der Waals surface area contributed by atoms with E-state index in [0.717, 1.165) is 19.3 Å². The third-order valence-corrected chi connectivity index (χ3v) is 5.05. The van der Waals surface area contributed by atoms with Gasteiger partial charge in [-0.1, -0.05) is 20.3 Å². The molecule has 1 aromatic rings. The van der Waals surface area contributed by atoms with Crippen LogP contribution in [0.3, 0.4) is 0 Å². The summed E-state index contributed by atoms with van der Waals surface area (Å²) < 4.78 is 17.0. The van der Waals surface area contributed by atoms with Gasteiger partial charge >= 0.3 is 5.97 Å².